The standard InChI is InChI=1S/C19H16N6O2/c1-13-21-16(15-9-5-6-10-20-15)11-17-23-24(19(27)25(13)17)12-18(26)22-14-7-3-2-4-8-14/h2-11H,12H2,1H3,(H,22,26). The Morgan fingerprint density at radius 1 is 1.07 bits per heavy atom. The lowest BCUT2D eigenvalue weighted by atomic mass is 10.2. The number of pyridine rings is 1. The fraction of sp³-hybridized carbons (Fsp3) is 0.105. The average molecular weight is 360 g/mol. The van der Waals surface area contributed by atoms with Crippen molar-refractivity contribution in [3.63, 3.8) is 0 Å². The van der Waals surface area contributed by atoms with E-state index in [-0.39, 0.29) is 12.5 Å². The van der Waals surface area contributed by atoms with Gasteiger partial charge in [0.25, 0.3) is 0 Å². The zero-order valence-electron chi connectivity index (χ0n) is 14.5. The smallest absolute Gasteiger partial charge is 0.324 e. The van der Waals surface area contributed by atoms with Crippen LogP contribution in [0.1, 0.15) is 5.82 Å². The number of benzene rings is 1. The Kier molecular flexibility index (Phi) is 4.21. The van der Waals surface area contributed by atoms with Crippen LogP contribution in [-0.4, -0.2) is 30.1 Å². The molecule has 0 atom stereocenters. The van der Waals surface area contributed by atoms with E-state index in [1.165, 1.54) is 4.40 Å². The fourth-order valence-electron chi connectivity index (χ4n) is 2.81. The van der Waals surface area contributed by atoms with E-state index in [4.69, 9.17) is 0 Å². The van der Waals surface area contributed by atoms with E-state index >= 15 is 0 Å². The summed E-state index contributed by atoms with van der Waals surface area (Å²) >= 11 is 0. The van der Waals surface area contributed by atoms with Crippen molar-refractivity contribution in [2.75, 3.05) is 5.32 Å². The Morgan fingerprint density at radius 2 is 1.85 bits per heavy atom. The zero-order valence-corrected chi connectivity index (χ0v) is 14.5. The van der Waals surface area contributed by atoms with Gasteiger partial charge in [-0.05, 0) is 31.2 Å². The summed E-state index contributed by atoms with van der Waals surface area (Å²) in [6.45, 7) is 1.53. The monoisotopic (exact) mass is 360 g/mol. The molecule has 1 amide bonds. The quantitative estimate of drug-likeness (QED) is 0.600. The molecule has 1 N–H and O–H groups in total. The van der Waals surface area contributed by atoms with Crippen LogP contribution in [0.4, 0.5) is 5.69 Å². The predicted molar refractivity (Wildman–Crippen MR) is 100 cm³/mol. The normalized spacial score (nSPS) is 10.9. The Bertz CT molecular complexity index is 1170. The van der Waals surface area contributed by atoms with Gasteiger partial charge in [-0.3, -0.25) is 9.78 Å². The third kappa shape index (κ3) is 3.32. The molecule has 3 heterocycles. The first kappa shape index (κ1) is 16.6. The summed E-state index contributed by atoms with van der Waals surface area (Å²) in [6.07, 6.45) is 1.68. The molecule has 0 radical (unpaired) electrons. The van der Waals surface area contributed by atoms with Crippen LogP contribution in [0.15, 0.2) is 65.6 Å². The van der Waals surface area contributed by atoms with Gasteiger partial charge < -0.3 is 5.32 Å². The number of aromatic nitrogens is 5. The van der Waals surface area contributed by atoms with Crippen LogP contribution in [0.2, 0.25) is 0 Å². The summed E-state index contributed by atoms with van der Waals surface area (Å²) in [7, 11) is 0. The number of hydrogen-bond donors (Lipinski definition) is 1. The summed E-state index contributed by atoms with van der Waals surface area (Å²) in [5.41, 5.74) is 1.97. The molecule has 134 valence electrons. The molecule has 4 rings (SSSR count). The minimum atomic E-state index is -0.411. The van der Waals surface area contributed by atoms with Crippen molar-refractivity contribution in [1.29, 1.82) is 0 Å². The largest absolute Gasteiger partial charge is 0.352 e. The highest BCUT2D eigenvalue weighted by atomic mass is 16.2. The van der Waals surface area contributed by atoms with E-state index in [1.54, 1.807) is 31.3 Å². The Hall–Kier alpha value is -3.81. The van der Waals surface area contributed by atoms with Gasteiger partial charge in [0.2, 0.25) is 5.91 Å². The van der Waals surface area contributed by atoms with E-state index in [0.29, 0.717) is 28.5 Å². The molecule has 0 aliphatic rings. The summed E-state index contributed by atoms with van der Waals surface area (Å²) in [5.74, 6) is 0.148. The van der Waals surface area contributed by atoms with Crippen LogP contribution in [0.25, 0.3) is 17.0 Å². The van der Waals surface area contributed by atoms with Crippen LogP contribution in [0.3, 0.4) is 0 Å². The fourth-order valence-corrected chi connectivity index (χ4v) is 2.81. The van der Waals surface area contributed by atoms with Gasteiger partial charge >= 0.3 is 5.69 Å². The second-order valence-corrected chi connectivity index (χ2v) is 5.95. The van der Waals surface area contributed by atoms with Crippen LogP contribution < -0.4 is 11.0 Å². The van der Waals surface area contributed by atoms with Crippen molar-refractivity contribution in [3.8, 4) is 11.4 Å². The molecule has 8 heteroatoms. The third-order valence-electron chi connectivity index (χ3n) is 4.01. The number of amides is 1. The lowest BCUT2D eigenvalue weighted by Gasteiger charge is -2.03. The molecule has 0 bridgehead atoms. The van der Waals surface area contributed by atoms with Crippen LogP contribution in [-0.2, 0) is 11.3 Å². The molecular formula is C19H16N6O2. The van der Waals surface area contributed by atoms with Gasteiger partial charge in [0.05, 0.1) is 11.4 Å². The van der Waals surface area contributed by atoms with Crippen LogP contribution >= 0.6 is 0 Å². The highest BCUT2D eigenvalue weighted by molar-refractivity contribution is 5.90. The molecular weight excluding hydrogens is 344 g/mol. The van der Waals surface area contributed by atoms with Crippen molar-refractivity contribution in [2.24, 2.45) is 0 Å². The summed E-state index contributed by atoms with van der Waals surface area (Å²) in [5, 5.41) is 7.02. The summed E-state index contributed by atoms with van der Waals surface area (Å²) < 4.78 is 2.51. The molecule has 3 aromatic heterocycles. The minimum absolute atomic E-state index is 0.187. The van der Waals surface area contributed by atoms with Gasteiger partial charge in [-0.2, -0.15) is 0 Å². The topological polar surface area (TPSA) is 94.2 Å². The van der Waals surface area contributed by atoms with Gasteiger partial charge in [-0.15, -0.1) is 5.10 Å². The zero-order chi connectivity index (χ0) is 18.8. The highest BCUT2D eigenvalue weighted by Crippen LogP contribution is 2.15. The Morgan fingerprint density at radius 3 is 2.59 bits per heavy atom. The SMILES string of the molecule is Cc1nc(-c2ccccn2)cc2nn(CC(=O)Nc3ccccc3)c(=O)n12. The molecule has 0 saturated heterocycles. The predicted octanol–water partition coefficient (Wildman–Crippen LogP) is 1.90. The van der Waals surface area contributed by atoms with Crippen molar-refractivity contribution in [2.45, 2.75) is 13.5 Å². The van der Waals surface area contributed by atoms with E-state index in [9.17, 15) is 9.59 Å². The number of anilines is 1. The van der Waals surface area contributed by atoms with Gasteiger partial charge in [-0.25, -0.2) is 18.9 Å². The number of aryl methyl sites for hydroxylation is 1. The molecule has 0 aliphatic carbocycles. The van der Waals surface area contributed by atoms with E-state index in [2.05, 4.69) is 20.4 Å². The van der Waals surface area contributed by atoms with E-state index in [0.717, 1.165) is 4.68 Å². The third-order valence-corrected chi connectivity index (χ3v) is 4.01. The maximum atomic E-state index is 12.6. The Labute approximate surface area is 154 Å². The average Bonchev–Trinajstić information content (AvgIpc) is 2.99. The number of carbonyl (C=O) groups is 1. The van der Waals surface area contributed by atoms with Crippen molar-refractivity contribution >= 4 is 17.2 Å². The molecule has 0 unspecified atom stereocenters. The van der Waals surface area contributed by atoms with Crippen molar-refractivity contribution < 1.29 is 4.79 Å². The molecule has 0 fully saturated rings. The molecule has 27 heavy (non-hydrogen) atoms. The van der Waals surface area contributed by atoms with Gasteiger partial charge in [0, 0.05) is 18.0 Å². The lowest BCUT2D eigenvalue weighted by Crippen LogP contribution is -2.28. The number of carbonyl (C=O) groups excluding carboxylic acids is 1. The molecule has 8 nitrogen and oxygen atoms in total. The van der Waals surface area contributed by atoms with Crippen molar-refractivity contribution in [3.05, 3.63) is 77.1 Å². The number of nitrogens with zero attached hydrogens (tertiary/aromatic N) is 5. The first-order valence-electron chi connectivity index (χ1n) is 8.35. The van der Waals surface area contributed by atoms with Crippen LogP contribution in [0.5, 0.6) is 0 Å². The van der Waals surface area contributed by atoms with Gasteiger partial charge in [0.15, 0.2) is 5.65 Å². The second kappa shape index (κ2) is 6.83. The molecule has 0 saturated carbocycles. The minimum Gasteiger partial charge on any atom is -0.324 e. The number of fused-ring (bicyclic) bond motifs is 1. The number of para-hydroxylation sites is 1. The van der Waals surface area contributed by atoms with E-state index in [1.807, 2.05) is 36.4 Å². The maximum absolute atomic E-state index is 12.6. The van der Waals surface area contributed by atoms with Crippen LogP contribution in [0, 0.1) is 6.92 Å². The number of nitrogens with one attached hydrogen (secondary N) is 1. The number of hydrogen-bond acceptors (Lipinski definition) is 5. The van der Waals surface area contributed by atoms with Gasteiger partial charge in [0.1, 0.15) is 12.4 Å². The molecule has 1 aromatic carbocycles. The second-order valence-electron chi connectivity index (χ2n) is 5.95. The molecule has 0 aliphatic heterocycles. The summed E-state index contributed by atoms with van der Waals surface area (Å²) in [4.78, 5) is 33.6. The van der Waals surface area contributed by atoms with Crippen molar-refractivity contribution in [1.82, 2.24) is 24.1 Å². The molecule has 4 aromatic rings. The molecule has 0 spiro atoms. The Balaban J connectivity index is 1.66. The number of rotatable bonds is 4. The first-order chi connectivity index (χ1) is 13.1. The first-order valence-corrected chi connectivity index (χ1v) is 8.35. The summed E-state index contributed by atoms with van der Waals surface area (Å²) in [6, 6.07) is 16.2. The van der Waals surface area contributed by atoms with Gasteiger partial charge in [-0.1, -0.05) is 24.3 Å². The maximum Gasteiger partial charge on any atom is 0.352 e. The highest BCUT2D eigenvalue weighted by Gasteiger charge is 2.15. The van der Waals surface area contributed by atoms with E-state index < -0.39 is 5.69 Å². The lowest BCUT2D eigenvalue weighted by molar-refractivity contribution is -0.117.